The number of aryl methyl sites for hydroxylation is 1. The van der Waals surface area contributed by atoms with Gasteiger partial charge in [0.15, 0.2) is 5.92 Å². The number of ether oxygens (including phenoxy) is 2. The minimum absolute atomic E-state index is 0.213. The fraction of sp³-hybridized carbons (Fsp3) is 0.400. The van der Waals surface area contributed by atoms with Crippen LogP contribution in [0, 0.1) is 12.8 Å². The smallest absolute Gasteiger partial charge is 0.321 e. The summed E-state index contributed by atoms with van der Waals surface area (Å²) in [4.78, 5) is 34.9. The number of para-hydroxylation sites is 2. The summed E-state index contributed by atoms with van der Waals surface area (Å²) in [6.45, 7) is 6.80. The summed E-state index contributed by atoms with van der Waals surface area (Å²) in [5.41, 5.74) is 2.92. The molecule has 2 aliphatic heterocycles. The van der Waals surface area contributed by atoms with Gasteiger partial charge in [-0.2, -0.15) is 0 Å². The minimum Gasteiger partial charge on any atom is -0.495 e. The van der Waals surface area contributed by atoms with E-state index in [1.807, 2.05) is 55.5 Å². The summed E-state index contributed by atoms with van der Waals surface area (Å²) in [5, 5.41) is 2.86. The molecule has 1 N–H and O–H groups in total. The largest absolute Gasteiger partial charge is 0.495 e. The maximum atomic E-state index is 13.1. The summed E-state index contributed by atoms with van der Waals surface area (Å²) in [6, 6.07) is 15.1. The van der Waals surface area contributed by atoms with E-state index in [2.05, 4.69) is 15.1 Å². The molecule has 1 fully saturated rings. The first-order valence-corrected chi connectivity index (χ1v) is 11.3. The molecule has 0 bridgehead atoms. The molecule has 2 heterocycles. The van der Waals surface area contributed by atoms with Crippen molar-refractivity contribution < 1.29 is 19.1 Å². The Hall–Kier alpha value is -3.55. The number of anilines is 1. The number of hydrogen-bond donors (Lipinski definition) is 1. The molecule has 2 aromatic carbocycles. The van der Waals surface area contributed by atoms with Gasteiger partial charge < -0.3 is 19.3 Å². The average molecular weight is 451 g/mol. The third-order valence-electron chi connectivity index (χ3n) is 6.02. The summed E-state index contributed by atoms with van der Waals surface area (Å²) < 4.78 is 10.7. The molecule has 174 valence electrons. The van der Waals surface area contributed by atoms with Crippen molar-refractivity contribution >= 4 is 23.5 Å². The molecule has 1 saturated heterocycles. The van der Waals surface area contributed by atoms with E-state index in [-0.39, 0.29) is 12.5 Å². The highest BCUT2D eigenvalue weighted by molar-refractivity contribution is 6.08. The fourth-order valence-electron chi connectivity index (χ4n) is 4.37. The quantitative estimate of drug-likeness (QED) is 0.557. The molecule has 0 spiro atoms. The Labute approximate surface area is 194 Å². The van der Waals surface area contributed by atoms with E-state index < -0.39 is 17.9 Å². The number of carbonyl (C=O) groups excluding carboxylic acids is 2. The van der Waals surface area contributed by atoms with Crippen molar-refractivity contribution in [2.24, 2.45) is 10.9 Å². The van der Waals surface area contributed by atoms with Crippen LogP contribution < -0.4 is 15.0 Å². The number of esters is 1. The lowest BCUT2D eigenvalue weighted by Crippen LogP contribution is -2.57. The Morgan fingerprint density at radius 3 is 2.52 bits per heavy atom. The lowest BCUT2D eigenvalue weighted by molar-refractivity contribution is -0.153. The minimum atomic E-state index is -1.01. The number of rotatable bonds is 5. The van der Waals surface area contributed by atoms with E-state index in [1.54, 1.807) is 14.0 Å². The Morgan fingerprint density at radius 1 is 1.09 bits per heavy atom. The van der Waals surface area contributed by atoms with Gasteiger partial charge >= 0.3 is 5.97 Å². The molecule has 4 rings (SSSR count). The van der Waals surface area contributed by atoms with Crippen LogP contribution in [-0.4, -0.2) is 62.6 Å². The van der Waals surface area contributed by atoms with Gasteiger partial charge in [-0.1, -0.05) is 42.0 Å². The number of hydrogen-bond acceptors (Lipinski definition) is 7. The predicted octanol–water partition coefficient (Wildman–Crippen LogP) is 2.53. The van der Waals surface area contributed by atoms with Crippen LogP contribution in [0.1, 0.15) is 24.1 Å². The maximum absolute atomic E-state index is 13.1. The first-order valence-electron chi connectivity index (χ1n) is 11.3. The van der Waals surface area contributed by atoms with Crippen LogP contribution in [0.25, 0.3) is 0 Å². The molecule has 0 saturated carbocycles. The molecule has 2 aromatic rings. The number of amides is 1. The van der Waals surface area contributed by atoms with Gasteiger partial charge in [0.2, 0.25) is 11.9 Å². The zero-order chi connectivity index (χ0) is 23.4. The number of nitrogens with one attached hydrogen (secondary N) is 1. The van der Waals surface area contributed by atoms with Crippen LogP contribution in [0.15, 0.2) is 53.5 Å². The van der Waals surface area contributed by atoms with E-state index in [4.69, 9.17) is 14.5 Å². The van der Waals surface area contributed by atoms with Crippen molar-refractivity contribution in [1.82, 2.24) is 10.2 Å². The van der Waals surface area contributed by atoms with Crippen LogP contribution in [0.5, 0.6) is 5.75 Å². The van der Waals surface area contributed by atoms with Crippen molar-refractivity contribution in [2.45, 2.75) is 19.9 Å². The monoisotopic (exact) mass is 450 g/mol. The lowest BCUT2D eigenvalue weighted by atomic mass is 9.90. The van der Waals surface area contributed by atoms with Gasteiger partial charge in [0.1, 0.15) is 11.8 Å². The number of benzene rings is 2. The van der Waals surface area contributed by atoms with Crippen molar-refractivity contribution in [2.75, 3.05) is 44.8 Å². The molecule has 0 aromatic heterocycles. The Balaban J connectivity index is 1.57. The zero-order valence-electron chi connectivity index (χ0n) is 19.3. The molecule has 8 heteroatoms. The summed E-state index contributed by atoms with van der Waals surface area (Å²) in [7, 11) is 1.67. The topological polar surface area (TPSA) is 83.5 Å². The number of methoxy groups -OCH3 is 1. The first kappa shape index (κ1) is 22.6. The second-order valence-electron chi connectivity index (χ2n) is 8.18. The van der Waals surface area contributed by atoms with Crippen LogP contribution in [-0.2, 0) is 14.3 Å². The molecular formula is C25H30N4O4. The fourth-order valence-corrected chi connectivity index (χ4v) is 4.37. The van der Waals surface area contributed by atoms with Crippen LogP contribution in [0.4, 0.5) is 5.69 Å². The summed E-state index contributed by atoms with van der Waals surface area (Å²) >= 11 is 0. The lowest BCUT2D eigenvalue weighted by Gasteiger charge is -2.40. The van der Waals surface area contributed by atoms with Gasteiger partial charge in [-0.15, -0.1) is 0 Å². The van der Waals surface area contributed by atoms with Gasteiger partial charge in [-0.05, 0) is 31.5 Å². The van der Waals surface area contributed by atoms with E-state index in [1.165, 1.54) is 0 Å². The second kappa shape index (κ2) is 9.94. The molecule has 0 unspecified atom stereocenters. The van der Waals surface area contributed by atoms with Crippen molar-refractivity contribution in [1.29, 1.82) is 0 Å². The molecule has 0 aliphatic carbocycles. The second-order valence-corrected chi connectivity index (χ2v) is 8.18. The highest BCUT2D eigenvalue weighted by atomic mass is 16.5. The summed E-state index contributed by atoms with van der Waals surface area (Å²) in [5.74, 6) is -0.592. The number of piperazine rings is 1. The number of aliphatic imine (C=N–C) groups is 1. The van der Waals surface area contributed by atoms with E-state index in [0.717, 1.165) is 35.7 Å². The number of guanidine groups is 1. The molecular weight excluding hydrogens is 420 g/mol. The molecule has 33 heavy (non-hydrogen) atoms. The van der Waals surface area contributed by atoms with Crippen LogP contribution >= 0.6 is 0 Å². The molecule has 8 nitrogen and oxygen atoms in total. The first-order chi connectivity index (χ1) is 16.0. The highest BCUT2D eigenvalue weighted by Crippen LogP contribution is 2.32. The van der Waals surface area contributed by atoms with Gasteiger partial charge in [0.25, 0.3) is 0 Å². The molecule has 1 amide bonds. The maximum Gasteiger partial charge on any atom is 0.321 e. The zero-order valence-corrected chi connectivity index (χ0v) is 19.3. The summed E-state index contributed by atoms with van der Waals surface area (Å²) in [6.07, 6.45) is 0. The van der Waals surface area contributed by atoms with Crippen molar-refractivity contribution in [3.63, 3.8) is 0 Å². The van der Waals surface area contributed by atoms with E-state index >= 15 is 0 Å². The molecule has 0 radical (unpaired) electrons. The average Bonchev–Trinajstić information content (AvgIpc) is 2.83. The van der Waals surface area contributed by atoms with Crippen molar-refractivity contribution in [3.05, 3.63) is 59.7 Å². The Bertz CT molecular complexity index is 1050. The molecule has 2 atom stereocenters. The standard InChI is InChI=1S/C25H30N4O4/c1-4-33-24(31)21-22(18-9-7-8-17(2)16-18)26-25(27-23(21)30)29-14-12-28(13-15-29)19-10-5-6-11-20(19)32-3/h5-11,16,21-22H,4,12-15H2,1-3H3,(H,26,27,30)/t21-,22+/m0/s1. The van der Waals surface area contributed by atoms with Gasteiger partial charge in [-0.25, -0.2) is 4.99 Å². The van der Waals surface area contributed by atoms with Crippen LogP contribution in [0.3, 0.4) is 0 Å². The van der Waals surface area contributed by atoms with E-state index in [9.17, 15) is 9.59 Å². The Morgan fingerprint density at radius 2 is 1.82 bits per heavy atom. The SMILES string of the molecule is CCOC(=O)[C@@H]1C(=O)NC(N2CCN(c3ccccc3OC)CC2)=N[C@@H]1c1cccc(C)c1. The van der Waals surface area contributed by atoms with Crippen molar-refractivity contribution in [3.8, 4) is 5.75 Å². The van der Waals surface area contributed by atoms with Crippen LogP contribution in [0.2, 0.25) is 0 Å². The van der Waals surface area contributed by atoms with Gasteiger partial charge in [0.05, 0.1) is 19.4 Å². The highest BCUT2D eigenvalue weighted by Gasteiger charge is 2.42. The van der Waals surface area contributed by atoms with Gasteiger partial charge in [0, 0.05) is 26.2 Å². The van der Waals surface area contributed by atoms with E-state index in [0.29, 0.717) is 19.0 Å². The molecule has 2 aliphatic rings. The van der Waals surface area contributed by atoms with Gasteiger partial charge in [-0.3, -0.25) is 14.9 Å². The third-order valence-corrected chi connectivity index (χ3v) is 6.02. The Kier molecular flexibility index (Phi) is 6.82. The third kappa shape index (κ3) is 4.79. The number of nitrogens with zero attached hydrogens (tertiary/aromatic N) is 3. The normalized spacial score (nSPS) is 20.7. The number of carbonyl (C=O) groups is 2. The predicted molar refractivity (Wildman–Crippen MR) is 126 cm³/mol.